The van der Waals surface area contributed by atoms with Crippen LogP contribution in [0.5, 0.6) is 5.75 Å². The molecule has 0 saturated carbocycles. The first kappa shape index (κ1) is 21.2. The van der Waals surface area contributed by atoms with Crippen molar-refractivity contribution in [3.05, 3.63) is 113 Å². The molecule has 162 valence electrons. The number of halogens is 3. The zero-order valence-corrected chi connectivity index (χ0v) is 16.8. The summed E-state index contributed by atoms with van der Waals surface area (Å²) in [5.41, 5.74) is 1.95. The van der Waals surface area contributed by atoms with Gasteiger partial charge in [-0.3, -0.25) is 9.48 Å². The predicted octanol–water partition coefficient (Wildman–Crippen LogP) is 5.18. The van der Waals surface area contributed by atoms with Crippen molar-refractivity contribution in [2.45, 2.75) is 13.2 Å². The number of hydrogen-bond acceptors (Lipinski definition) is 3. The second-order valence-corrected chi connectivity index (χ2v) is 7.04. The summed E-state index contributed by atoms with van der Waals surface area (Å²) in [6.45, 7) is 0.236. The van der Waals surface area contributed by atoms with Gasteiger partial charge in [0, 0.05) is 23.4 Å². The lowest BCUT2D eigenvalue weighted by molar-refractivity contribution is 0.102. The minimum Gasteiger partial charge on any atom is -0.486 e. The molecule has 0 saturated heterocycles. The fourth-order valence-corrected chi connectivity index (χ4v) is 3.07. The van der Waals surface area contributed by atoms with Crippen molar-refractivity contribution in [3.8, 4) is 5.75 Å². The molecule has 0 fully saturated rings. The number of benzene rings is 3. The Hall–Kier alpha value is -4.07. The predicted molar refractivity (Wildman–Crippen MR) is 113 cm³/mol. The highest BCUT2D eigenvalue weighted by Gasteiger charge is 2.11. The fourth-order valence-electron chi connectivity index (χ4n) is 3.07. The number of anilines is 1. The van der Waals surface area contributed by atoms with Gasteiger partial charge in [0.05, 0.1) is 18.4 Å². The van der Waals surface area contributed by atoms with Crippen molar-refractivity contribution in [2.24, 2.45) is 0 Å². The Balaban J connectivity index is 1.39. The molecule has 5 nitrogen and oxygen atoms in total. The van der Waals surface area contributed by atoms with Gasteiger partial charge in [-0.2, -0.15) is 5.10 Å². The minimum absolute atomic E-state index is 0.00421. The van der Waals surface area contributed by atoms with Crippen LogP contribution in [0.25, 0.3) is 0 Å². The van der Waals surface area contributed by atoms with Gasteiger partial charge in [-0.05, 0) is 35.9 Å². The van der Waals surface area contributed by atoms with E-state index < -0.39 is 11.6 Å². The number of nitrogens with zero attached hydrogens (tertiary/aromatic N) is 2. The molecule has 0 unspecified atom stereocenters. The standard InChI is InChI=1S/C24H18F3N3O2/c25-19-8-9-23(22(27)11-19)32-15-16-4-3-6-17(10-16)24(31)29-20-12-28-30(14-20)13-18-5-1-2-7-21(18)26/h1-12,14H,13,15H2,(H,29,31). The lowest BCUT2D eigenvalue weighted by atomic mass is 10.1. The smallest absolute Gasteiger partial charge is 0.255 e. The molecule has 1 amide bonds. The summed E-state index contributed by atoms with van der Waals surface area (Å²) in [4.78, 5) is 12.6. The molecule has 32 heavy (non-hydrogen) atoms. The van der Waals surface area contributed by atoms with E-state index in [0.29, 0.717) is 22.4 Å². The molecule has 4 aromatic rings. The van der Waals surface area contributed by atoms with Gasteiger partial charge in [-0.15, -0.1) is 0 Å². The van der Waals surface area contributed by atoms with Crippen LogP contribution in [0.4, 0.5) is 18.9 Å². The summed E-state index contributed by atoms with van der Waals surface area (Å²) in [6.07, 6.45) is 3.08. The normalized spacial score (nSPS) is 10.7. The van der Waals surface area contributed by atoms with Gasteiger partial charge < -0.3 is 10.1 Å². The Morgan fingerprint density at radius 2 is 1.81 bits per heavy atom. The first-order valence-electron chi connectivity index (χ1n) is 9.72. The maximum Gasteiger partial charge on any atom is 0.255 e. The summed E-state index contributed by atoms with van der Waals surface area (Å²) >= 11 is 0. The van der Waals surface area contributed by atoms with Gasteiger partial charge in [-0.1, -0.05) is 30.3 Å². The molecule has 0 spiro atoms. The molecule has 1 N–H and O–H groups in total. The highest BCUT2D eigenvalue weighted by Crippen LogP contribution is 2.19. The highest BCUT2D eigenvalue weighted by molar-refractivity contribution is 6.04. The average Bonchev–Trinajstić information content (AvgIpc) is 3.21. The molecule has 0 aliphatic carbocycles. The highest BCUT2D eigenvalue weighted by atomic mass is 19.1. The summed E-state index contributed by atoms with van der Waals surface area (Å²) in [7, 11) is 0. The Kier molecular flexibility index (Phi) is 6.21. The van der Waals surface area contributed by atoms with Gasteiger partial charge >= 0.3 is 0 Å². The number of ether oxygens (including phenoxy) is 1. The molecule has 0 bridgehead atoms. The molecule has 4 rings (SSSR count). The molecule has 1 heterocycles. The lowest BCUT2D eigenvalue weighted by Crippen LogP contribution is -2.12. The number of carbonyl (C=O) groups excluding carboxylic acids is 1. The largest absolute Gasteiger partial charge is 0.486 e. The van der Waals surface area contributed by atoms with Crippen molar-refractivity contribution >= 4 is 11.6 Å². The Morgan fingerprint density at radius 1 is 0.969 bits per heavy atom. The van der Waals surface area contributed by atoms with Crippen molar-refractivity contribution in [2.75, 3.05) is 5.32 Å². The van der Waals surface area contributed by atoms with Gasteiger partial charge in [-0.25, -0.2) is 13.2 Å². The topological polar surface area (TPSA) is 56.2 Å². The van der Waals surface area contributed by atoms with Crippen molar-refractivity contribution in [3.63, 3.8) is 0 Å². The number of aromatic nitrogens is 2. The number of nitrogens with one attached hydrogen (secondary N) is 1. The van der Waals surface area contributed by atoms with Gasteiger partial charge in [0.2, 0.25) is 0 Å². The quantitative estimate of drug-likeness (QED) is 0.434. The monoisotopic (exact) mass is 437 g/mol. The Bertz CT molecular complexity index is 1260. The lowest BCUT2D eigenvalue weighted by Gasteiger charge is -2.09. The first-order chi connectivity index (χ1) is 15.5. The summed E-state index contributed by atoms with van der Waals surface area (Å²) in [5.74, 6) is -2.26. The SMILES string of the molecule is O=C(Nc1cnn(Cc2ccccc2F)c1)c1cccc(COc2ccc(F)cc2F)c1. The van der Waals surface area contributed by atoms with Crippen LogP contribution < -0.4 is 10.1 Å². The molecule has 0 radical (unpaired) electrons. The van der Waals surface area contributed by atoms with Crippen molar-refractivity contribution in [1.29, 1.82) is 0 Å². The minimum atomic E-state index is -0.800. The van der Waals surface area contributed by atoms with E-state index >= 15 is 0 Å². The molecule has 3 aromatic carbocycles. The van der Waals surface area contributed by atoms with E-state index in [9.17, 15) is 18.0 Å². The second kappa shape index (κ2) is 9.38. The molecule has 1 aromatic heterocycles. The molecule has 0 aliphatic rings. The van der Waals surface area contributed by atoms with E-state index in [-0.39, 0.29) is 30.6 Å². The van der Waals surface area contributed by atoms with E-state index in [1.54, 1.807) is 48.7 Å². The summed E-state index contributed by atoms with van der Waals surface area (Å²) in [5, 5.41) is 6.88. The van der Waals surface area contributed by atoms with Crippen LogP contribution in [-0.4, -0.2) is 15.7 Å². The van der Waals surface area contributed by atoms with Crippen LogP contribution in [-0.2, 0) is 13.2 Å². The van der Waals surface area contributed by atoms with Crippen LogP contribution in [0, 0.1) is 17.5 Å². The van der Waals surface area contributed by atoms with Gasteiger partial charge in [0.15, 0.2) is 11.6 Å². The number of amides is 1. The van der Waals surface area contributed by atoms with Crippen LogP contribution in [0.2, 0.25) is 0 Å². The van der Waals surface area contributed by atoms with Crippen molar-refractivity contribution < 1.29 is 22.7 Å². The Labute approximate surface area is 182 Å². The van der Waals surface area contributed by atoms with Gasteiger partial charge in [0.25, 0.3) is 5.91 Å². The van der Waals surface area contributed by atoms with E-state index in [0.717, 1.165) is 12.1 Å². The number of rotatable bonds is 7. The zero-order chi connectivity index (χ0) is 22.5. The third-order valence-corrected chi connectivity index (χ3v) is 4.66. The van der Waals surface area contributed by atoms with Crippen LogP contribution in [0.15, 0.2) is 79.1 Å². The summed E-state index contributed by atoms with van der Waals surface area (Å²) in [6, 6.07) is 16.1. The average molecular weight is 437 g/mol. The zero-order valence-electron chi connectivity index (χ0n) is 16.8. The summed E-state index contributed by atoms with van der Waals surface area (Å²) < 4.78 is 47.4. The maximum atomic E-state index is 13.8. The second-order valence-electron chi connectivity index (χ2n) is 7.04. The van der Waals surface area contributed by atoms with E-state index in [2.05, 4.69) is 10.4 Å². The number of hydrogen-bond donors (Lipinski definition) is 1. The van der Waals surface area contributed by atoms with E-state index in [4.69, 9.17) is 4.74 Å². The molecule has 0 aliphatic heterocycles. The molecular weight excluding hydrogens is 419 g/mol. The van der Waals surface area contributed by atoms with E-state index in [1.807, 2.05) is 0 Å². The van der Waals surface area contributed by atoms with Gasteiger partial charge in [0.1, 0.15) is 18.2 Å². The first-order valence-corrected chi connectivity index (χ1v) is 9.72. The third-order valence-electron chi connectivity index (χ3n) is 4.66. The molecule has 8 heteroatoms. The fraction of sp³-hybridized carbons (Fsp3) is 0.0833. The van der Waals surface area contributed by atoms with Crippen molar-refractivity contribution in [1.82, 2.24) is 9.78 Å². The maximum absolute atomic E-state index is 13.8. The van der Waals surface area contributed by atoms with Crippen LogP contribution in [0.1, 0.15) is 21.5 Å². The van der Waals surface area contributed by atoms with Crippen LogP contribution in [0.3, 0.4) is 0 Å². The molecular formula is C24H18F3N3O2. The third kappa shape index (κ3) is 5.15. The van der Waals surface area contributed by atoms with E-state index in [1.165, 1.54) is 23.0 Å². The van der Waals surface area contributed by atoms with Crippen LogP contribution >= 0.6 is 0 Å². The molecule has 0 atom stereocenters. The Morgan fingerprint density at radius 3 is 2.62 bits per heavy atom. The number of carbonyl (C=O) groups is 1.